The van der Waals surface area contributed by atoms with Crippen LogP contribution in [0.25, 0.3) is 0 Å². The van der Waals surface area contributed by atoms with Crippen molar-refractivity contribution in [2.24, 2.45) is 0 Å². The Bertz CT molecular complexity index is 556. The SMILES string of the molecule is CCCCCC(C)NS(=O)(=O)c1ccc(OC(F)(F)F)cc1. The molecule has 0 aliphatic rings. The molecule has 126 valence electrons. The number of unbranched alkanes of at least 4 members (excludes halogenated alkanes) is 2. The standard InChI is InChI=1S/C14H20F3NO3S/c1-3-4-5-6-11(2)18-22(19,20)13-9-7-12(8-10-13)21-14(15,16)17/h7-11,18H,3-6H2,1-2H3. The molecule has 1 unspecified atom stereocenters. The molecule has 1 aromatic rings. The second-order valence-corrected chi connectivity index (χ2v) is 6.75. The number of benzene rings is 1. The number of hydrogen-bond donors (Lipinski definition) is 1. The Morgan fingerprint density at radius 3 is 2.27 bits per heavy atom. The Hall–Kier alpha value is -1.28. The van der Waals surface area contributed by atoms with Gasteiger partial charge in [-0.3, -0.25) is 0 Å². The highest BCUT2D eigenvalue weighted by atomic mass is 32.2. The average Bonchev–Trinajstić information content (AvgIpc) is 2.37. The van der Waals surface area contributed by atoms with Crippen molar-refractivity contribution in [3.05, 3.63) is 24.3 Å². The molecule has 1 aromatic carbocycles. The molecule has 0 aliphatic carbocycles. The Morgan fingerprint density at radius 1 is 1.18 bits per heavy atom. The minimum Gasteiger partial charge on any atom is -0.406 e. The van der Waals surface area contributed by atoms with Gasteiger partial charge in [-0.2, -0.15) is 0 Å². The second-order valence-electron chi connectivity index (χ2n) is 5.04. The van der Waals surface area contributed by atoms with Gasteiger partial charge in [-0.15, -0.1) is 13.2 Å². The van der Waals surface area contributed by atoms with E-state index in [-0.39, 0.29) is 10.9 Å². The van der Waals surface area contributed by atoms with E-state index in [1.807, 2.05) is 0 Å². The molecule has 22 heavy (non-hydrogen) atoms. The molecule has 0 radical (unpaired) electrons. The molecule has 0 aromatic heterocycles. The van der Waals surface area contributed by atoms with Gasteiger partial charge in [0.1, 0.15) is 5.75 Å². The Balaban J connectivity index is 2.69. The maximum atomic E-state index is 12.1. The summed E-state index contributed by atoms with van der Waals surface area (Å²) in [4.78, 5) is -0.0932. The summed E-state index contributed by atoms with van der Waals surface area (Å²) in [5.41, 5.74) is 0. The molecule has 0 fully saturated rings. The first-order valence-electron chi connectivity index (χ1n) is 7.02. The van der Waals surface area contributed by atoms with Crippen LogP contribution in [0.1, 0.15) is 39.5 Å². The fraction of sp³-hybridized carbons (Fsp3) is 0.571. The molecule has 0 amide bonds. The molecular formula is C14H20F3NO3S. The lowest BCUT2D eigenvalue weighted by Crippen LogP contribution is -2.32. The lowest BCUT2D eigenvalue weighted by Gasteiger charge is -2.14. The third-order valence-electron chi connectivity index (χ3n) is 2.96. The van der Waals surface area contributed by atoms with Crippen molar-refractivity contribution in [2.45, 2.75) is 56.8 Å². The Morgan fingerprint density at radius 2 is 1.77 bits per heavy atom. The van der Waals surface area contributed by atoms with Gasteiger partial charge in [-0.05, 0) is 37.6 Å². The molecule has 1 atom stereocenters. The zero-order valence-corrected chi connectivity index (χ0v) is 13.3. The highest BCUT2D eigenvalue weighted by Gasteiger charge is 2.31. The van der Waals surface area contributed by atoms with Crippen LogP contribution in [0.3, 0.4) is 0 Å². The number of halogens is 3. The summed E-state index contributed by atoms with van der Waals surface area (Å²) in [5.74, 6) is -0.456. The van der Waals surface area contributed by atoms with Crippen LogP contribution >= 0.6 is 0 Å². The van der Waals surface area contributed by atoms with Crippen LogP contribution in [0.4, 0.5) is 13.2 Å². The summed E-state index contributed by atoms with van der Waals surface area (Å²) in [6.07, 6.45) is -1.11. The summed E-state index contributed by atoms with van der Waals surface area (Å²) < 4.78 is 66.5. The van der Waals surface area contributed by atoms with E-state index < -0.39 is 22.1 Å². The van der Waals surface area contributed by atoms with E-state index in [1.54, 1.807) is 6.92 Å². The third-order valence-corrected chi connectivity index (χ3v) is 4.57. The van der Waals surface area contributed by atoms with Crippen LogP contribution in [0.2, 0.25) is 0 Å². The second kappa shape index (κ2) is 7.82. The van der Waals surface area contributed by atoms with Crippen molar-refractivity contribution >= 4 is 10.0 Å². The molecule has 1 N–H and O–H groups in total. The number of alkyl halides is 3. The van der Waals surface area contributed by atoms with Gasteiger partial charge >= 0.3 is 6.36 Å². The van der Waals surface area contributed by atoms with E-state index in [4.69, 9.17) is 0 Å². The van der Waals surface area contributed by atoms with E-state index in [2.05, 4.69) is 16.4 Å². The quantitative estimate of drug-likeness (QED) is 0.732. The van der Waals surface area contributed by atoms with E-state index in [0.717, 1.165) is 43.5 Å². The monoisotopic (exact) mass is 339 g/mol. The zero-order valence-electron chi connectivity index (χ0n) is 12.5. The molecule has 0 aliphatic heterocycles. The third kappa shape index (κ3) is 6.65. The molecule has 8 heteroatoms. The molecule has 1 rings (SSSR count). The molecule has 0 saturated heterocycles. The molecule has 4 nitrogen and oxygen atoms in total. The van der Waals surface area contributed by atoms with Crippen molar-refractivity contribution in [3.8, 4) is 5.75 Å². The first-order chi connectivity index (χ1) is 10.1. The zero-order chi connectivity index (χ0) is 16.8. The predicted molar refractivity (Wildman–Crippen MR) is 77.1 cm³/mol. The number of sulfonamides is 1. The highest BCUT2D eigenvalue weighted by Crippen LogP contribution is 2.24. The number of nitrogens with one attached hydrogen (secondary N) is 1. The van der Waals surface area contributed by atoms with Gasteiger partial charge in [0.15, 0.2) is 0 Å². The van der Waals surface area contributed by atoms with Gasteiger partial charge in [0, 0.05) is 6.04 Å². The summed E-state index contributed by atoms with van der Waals surface area (Å²) in [6.45, 7) is 3.81. The molecular weight excluding hydrogens is 319 g/mol. The van der Waals surface area contributed by atoms with Gasteiger partial charge in [-0.25, -0.2) is 13.1 Å². The van der Waals surface area contributed by atoms with Crippen LogP contribution in [0.5, 0.6) is 5.75 Å². The van der Waals surface area contributed by atoms with Crippen molar-refractivity contribution in [1.82, 2.24) is 4.72 Å². The van der Waals surface area contributed by atoms with Gasteiger partial charge in [0.25, 0.3) is 0 Å². The van der Waals surface area contributed by atoms with Crippen molar-refractivity contribution in [3.63, 3.8) is 0 Å². The van der Waals surface area contributed by atoms with Crippen LogP contribution < -0.4 is 9.46 Å². The fourth-order valence-corrected chi connectivity index (χ4v) is 3.19. The van der Waals surface area contributed by atoms with Crippen LogP contribution in [-0.4, -0.2) is 20.8 Å². The lowest BCUT2D eigenvalue weighted by molar-refractivity contribution is -0.274. The predicted octanol–water partition coefficient (Wildman–Crippen LogP) is 3.83. The number of rotatable bonds is 8. The fourth-order valence-electron chi connectivity index (χ4n) is 1.91. The molecule has 0 spiro atoms. The Labute approximate surface area is 128 Å². The summed E-state index contributed by atoms with van der Waals surface area (Å²) in [5, 5.41) is 0. The first kappa shape index (κ1) is 18.8. The molecule has 0 bridgehead atoms. The number of hydrogen-bond acceptors (Lipinski definition) is 3. The first-order valence-corrected chi connectivity index (χ1v) is 8.50. The highest BCUT2D eigenvalue weighted by molar-refractivity contribution is 7.89. The average molecular weight is 339 g/mol. The van der Waals surface area contributed by atoms with E-state index >= 15 is 0 Å². The molecule has 0 saturated carbocycles. The van der Waals surface area contributed by atoms with Crippen molar-refractivity contribution < 1.29 is 26.3 Å². The van der Waals surface area contributed by atoms with E-state index in [9.17, 15) is 21.6 Å². The number of ether oxygens (including phenoxy) is 1. The Kier molecular flexibility index (Phi) is 6.67. The topological polar surface area (TPSA) is 55.4 Å². The summed E-state index contributed by atoms with van der Waals surface area (Å²) in [6, 6.07) is 3.89. The molecule has 0 heterocycles. The maximum Gasteiger partial charge on any atom is 0.573 e. The summed E-state index contributed by atoms with van der Waals surface area (Å²) >= 11 is 0. The van der Waals surface area contributed by atoms with E-state index in [0.29, 0.717) is 6.42 Å². The minimum absolute atomic E-state index is 0.0932. The summed E-state index contributed by atoms with van der Waals surface area (Å²) in [7, 11) is -3.74. The smallest absolute Gasteiger partial charge is 0.406 e. The van der Waals surface area contributed by atoms with Crippen molar-refractivity contribution in [1.29, 1.82) is 0 Å². The van der Waals surface area contributed by atoms with Crippen molar-refractivity contribution in [2.75, 3.05) is 0 Å². The maximum absolute atomic E-state index is 12.1. The van der Waals surface area contributed by atoms with E-state index in [1.165, 1.54) is 0 Å². The normalized spacial score (nSPS) is 13.9. The van der Waals surface area contributed by atoms with Gasteiger partial charge in [0.2, 0.25) is 10.0 Å². The van der Waals surface area contributed by atoms with Crippen LogP contribution in [0.15, 0.2) is 29.2 Å². The largest absolute Gasteiger partial charge is 0.573 e. The lowest BCUT2D eigenvalue weighted by atomic mass is 10.1. The van der Waals surface area contributed by atoms with Gasteiger partial charge in [0.05, 0.1) is 4.90 Å². The van der Waals surface area contributed by atoms with Gasteiger partial charge in [-0.1, -0.05) is 26.2 Å². The van der Waals surface area contributed by atoms with Crippen LogP contribution in [-0.2, 0) is 10.0 Å². The minimum atomic E-state index is -4.80. The van der Waals surface area contributed by atoms with Crippen LogP contribution in [0, 0.1) is 0 Å². The van der Waals surface area contributed by atoms with Gasteiger partial charge < -0.3 is 4.74 Å².